The molecule has 5 rings (SSSR count). The van der Waals surface area contributed by atoms with Crippen molar-refractivity contribution < 1.29 is 31.9 Å². The van der Waals surface area contributed by atoms with Gasteiger partial charge in [-0.15, -0.1) is 0 Å². The summed E-state index contributed by atoms with van der Waals surface area (Å²) in [4.78, 5) is 30.8. The Bertz CT molecular complexity index is 1340. The van der Waals surface area contributed by atoms with Crippen LogP contribution in [0.1, 0.15) is 32.3 Å². The summed E-state index contributed by atoms with van der Waals surface area (Å²) in [5.41, 5.74) is -1.59. The maximum atomic E-state index is 13.8. The zero-order chi connectivity index (χ0) is 27.4. The third-order valence-corrected chi connectivity index (χ3v) is 7.02. The molecule has 0 radical (unpaired) electrons. The molecule has 2 aliphatic rings. The van der Waals surface area contributed by atoms with Crippen LogP contribution in [0.25, 0.3) is 11.2 Å². The minimum absolute atomic E-state index is 0.209. The number of alkyl halides is 5. The highest BCUT2D eigenvalue weighted by atomic mass is 19.4. The minimum atomic E-state index is -4.64. The third-order valence-electron chi connectivity index (χ3n) is 7.02. The van der Waals surface area contributed by atoms with Crippen LogP contribution >= 0.6 is 0 Å². The summed E-state index contributed by atoms with van der Waals surface area (Å²) in [7, 11) is 0. The predicted molar refractivity (Wildman–Crippen MR) is 125 cm³/mol. The van der Waals surface area contributed by atoms with Crippen LogP contribution < -0.4 is 9.80 Å². The van der Waals surface area contributed by atoms with E-state index in [0.29, 0.717) is 24.4 Å². The number of anilines is 2. The lowest BCUT2D eigenvalue weighted by molar-refractivity contribution is -0.137. The number of rotatable bonds is 5. The molecule has 1 unspecified atom stereocenters. The number of carbonyl (C=O) groups is 1. The fourth-order valence-corrected chi connectivity index (χ4v) is 5.33. The number of carbonyl (C=O) groups excluding carboxylic acids is 1. The van der Waals surface area contributed by atoms with Crippen molar-refractivity contribution in [2.75, 3.05) is 22.9 Å². The number of aromatic nitrogens is 5. The van der Waals surface area contributed by atoms with Crippen molar-refractivity contribution in [2.24, 2.45) is 0 Å². The molecule has 0 saturated carbocycles. The van der Waals surface area contributed by atoms with E-state index in [-0.39, 0.29) is 30.3 Å². The topological polar surface area (TPSA) is 104 Å². The Morgan fingerprint density at radius 3 is 2.47 bits per heavy atom. The molecule has 0 bridgehead atoms. The van der Waals surface area contributed by atoms with E-state index in [9.17, 15) is 31.9 Å². The maximum Gasteiger partial charge on any atom is 0.416 e. The van der Waals surface area contributed by atoms with Crippen LogP contribution in [-0.2, 0) is 17.5 Å². The van der Waals surface area contributed by atoms with Gasteiger partial charge in [-0.2, -0.15) is 18.3 Å². The summed E-state index contributed by atoms with van der Waals surface area (Å²) in [6.45, 7) is 3.55. The molecule has 2 fully saturated rings. The number of halogens is 5. The van der Waals surface area contributed by atoms with E-state index in [2.05, 4.69) is 20.1 Å². The van der Waals surface area contributed by atoms with Crippen LogP contribution in [0, 0.1) is 0 Å². The molecule has 38 heavy (non-hydrogen) atoms. The lowest BCUT2D eigenvalue weighted by Crippen LogP contribution is -2.59. The van der Waals surface area contributed by atoms with Crippen LogP contribution in [0.5, 0.6) is 0 Å². The zero-order valence-electron chi connectivity index (χ0n) is 20.5. The van der Waals surface area contributed by atoms with Gasteiger partial charge in [-0.25, -0.2) is 33.3 Å². The van der Waals surface area contributed by atoms with Crippen molar-refractivity contribution in [2.45, 2.75) is 63.8 Å². The van der Waals surface area contributed by atoms with Gasteiger partial charge in [-0.3, -0.25) is 9.69 Å². The molecule has 10 nitrogen and oxygen atoms in total. The first kappa shape index (κ1) is 26.2. The first-order valence-corrected chi connectivity index (χ1v) is 12.0. The number of hydrogen-bond donors (Lipinski definition) is 1. The summed E-state index contributed by atoms with van der Waals surface area (Å²) >= 11 is 0. The van der Waals surface area contributed by atoms with Gasteiger partial charge in [0, 0.05) is 25.3 Å². The van der Waals surface area contributed by atoms with Gasteiger partial charge in [-0.05, 0) is 38.8 Å². The molecule has 2 saturated heterocycles. The summed E-state index contributed by atoms with van der Waals surface area (Å²) < 4.78 is 66.8. The number of amides is 1. The van der Waals surface area contributed by atoms with Gasteiger partial charge in [0.2, 0.25) is 0 Å². The van der Waals surface area contributed by atoms with E-state index in [1.807, 2.05) is 4.90 Å². The van der Waals surface area contributed by atoms with Crippen LogP contribution in [0.2, 0.25) is 0 Å². The van der Waals surface area contributed by atoms with E-state index >= 15 is 0 Å². The number of hydrogen-bond acceptors (Lipinski definition) is 8. The quantitative estimate of drug-likeness (QED) is 0.493. The molecular weight excluding hydrogens is 515 g/mol. The number of piperidine rings is 1. The highest BCUT2D eigenvalue weighted by Gasteiger charge is 2.59. The fourth-order valence-electron chi connectivity index (χ4n) is 5.33. The second-order valence-corrected chi connectivity index (χ2v) is 9.60. The van der Waals surface area contributed by atoms with Gasteiger partial charge in [0.1, 0.15) is 29.2 Å². The van der Waals surface area contributed by atoms with E-state index in [0.717, 1.165) is 27.9 Å². The standard InChI is InChI=1S/C23H25F5N8O2/c1-13(2)36-21(38)35(17-9-14(3-6-29-17)23(26,27)28)20(37)22(36)4-7-33(8-5-22)18-11-30-15-10-31-34(12-16(24)25)19(15)32-18/h3,6,9-11,13,16,21,38H,4-5,7-8,12H2,1-2H3. The number of aliphatic hydroxyl groups is 1. The Morgan fingerprint density at radius 1 is 1.13 bits per heavy atom. The Kier molecular flexibility index (Phi) is 6.46. The van der Waals surface area contributed by atoms with Crippen LogP contribution in [0.3, 0.4) is 0 Å². The second kappa shape index (κ2) is 9.38. The van der Waals surface area contributed by atoms with Gasteiger partial charge in [-0.1, -0.05) is 0 Å². The molecule has 3 aromatic rings. The van der Waals surface area contributed by atoms with Crippen molar-refractivity contribution in [1.82, 2.24) is 29.6 Å². The molecule has 5 heterocycles. The second-order valence-electron chi connectivity index (χ2n) is 9.60. The van der Waals surface area contributed by atoms with Gasteiger partial charge < -0.3 is 10.0 Å². The molecule has 3 aromatic heterocycles. The SMILES string of the molecule is CC(C)N1C(O)N(c2cc(C(F)(F)F)ccn2)C(=O)C12CCN(c1cnc3cnn(CC(F)F)c3n1)CC2. The predicted octanol–water partition coefficient (Wildman–Crippen LogP) is 2.88. The smallest absolute Gasteiger partial charge is 0.360 e. The highest BCUT2D eigenvalue weighted by molar-refractivity contribution is 6.02. The van der Waals surface area contributed by atoms with Crippen LogP contribution in [0.15, 0.2) is 30.7 Å². The van der Waals surface area contributed by atoms with Gasteiger partial charge in [0.05, 0.1) is 18.0 Å². The summed E-state index contributed by atoms with van der Waals surface area (Å²) in [6.07, 6.45) is -4.50. The molecule has 0 aromatic carbocycles. The normalized spacial score (nSPS) is 20.6. The molecule has 1 spiro atoms. The minimum Gasteiger partial charge on any atom is -0.360 e. The summed E-state index contributed by atoms with van der Waals surface area (Å²) in [5.74, 6) is -0.408. The van der Waals surface area contributed by atoms with Crippen molar-refractivity contribution in [1.29, 1.82) is 0 Å². The Balaban J connectivity index is 1.42. The largest absolute Gasteiger partial charge is 0.416 e. The lowest BCUT2D eigenvalue weighted by atomic mass is 9.85. The zero-order valence-corrected chi connectivity index (χ0v) is 20.5. The highest BCUT2D eigenvalue weighted by Crippen LogP contribution is 2.43. The van der Waals surface area contributed by atoms with E-state index in [4.69, 9.17) is 0 Å². The summed E-state index contributed by atoms with van der Waals surface area (Å²) in [6, 6.07) is 1.23. The summed E-state index contributed by atoms with van der Waals surface area (Å²) in [5, 5.41) is 15.1. The van der Waals surface area contributed by atoms with Crippen molar-refractivity contribution in [3.63, 3.8) is 0 Å². The average Bonchev–Trinajstić information content (AvgIpc) is 3.34. The first-order valence-electron chi connectivity index (χ1n) is 12.0. The first-order chi connectivity index (χ1) is 17.9. The van der Waals surface area contributed by atoms with Crippen molar-refractivity contribution >= 4 is 28.7 Å². The van der Waals surface area contributed by atoms with E-state index in [1.54, 1.807) is 18.7 Å². The van der Waals surface area contributed by atoms with Gasteiger partial charge >= 0.3 is 6.18 Å². The molecular formula is C23H25F5N8O2. The van der Waals surface area contributed by atoms with E-state index in [1.165, 1.54) is 12.4 Å². The number of fused-ring (bicyclic) bond motifs is 1. The van der Waals surface area contributed by atoms with Crippen molar-refractivity contribution in [3.8, 4) is 0 Å². The van der Waals surface area contributed by atoms with Crippen LogP contribution in [0.4, 0.5) is 33.6 Å². The monoisotopic (exact) mass is 540 g/mol. The number of pyridine rings is 1. The third kappa shape index (κ3) is 4.32. The number of nitrogens with zero attached hydrogens (tertiary/aromatic N) is 8. The Labute approximate surface area is 213 Å². The lowest BCUT2D eigenvalue weighted by Gasteiger charge is -2.44. The number of aliphatic hydroxyl groups excluding tert-OH is 1. The molecule has 2 aliphatic heterocycles. The molecule has 1 amide bonds. The van der Waals surface area contributed by atoms with Gasteiger partial charge in [0.15, 0.2) is 12.0 Å². The molecule has 1 atom stereocenters. The molecule has 204 valence electrons. The Morgan fingerprint density at radius 2 is 1.84 bits per heavy atom. The fraction of sp³-hybridized carbons (Fsp3) is 0.522. The van der Waals surface area contributed by atoms with E-state index < -0.39 is 42.5 Å². The van der Waals surface area contributed by atoms with Crippen molar-refractivity contribution in [3.05, 3.63) is 36.3 Å². The molecule has 0 aliphatic carbocycles. The van der Waals surface area contributed by atoms with Crippen LogP contribution in [-0.4, -0.2) is 78.1 Å². The molecule has 1 N–H and O–H groups in total. The Hall–Kier alpha value is -3.46. The molecule has 15 heteroatoms. The average molecular weight is 540 g/mol. The maximum absolute atomic E-state index is 13.8. The van der Waals surface area contributed by atoms with Gasteiger partial charge in [0.25, 0.3) is 12.3 Å².